The van der Waals surface area contributed by atoms with Gasteiger partial charge < -0.3 is 9.30 Å². The second-order valence-corrected chi connectivity index (χ2v) is 8.74. The van der Waals surface area contributed by atoms with Gasteiger partial charge in [0.05, 0.1) is 6.26 Å². The number of hydrogen-bond acceptors (Lipinski definition) is 2. The van der Waals surface area contributed by atoms with Gasteiger partial charge in [-0.1, -0.05) is 67.2 Å². The largest absolute Gasteiger partial charge is 0.500 e. The molecule has 0 saturated carbocycles. The van der Waals surface area contributed by atoms with E-state index in [1.54, 1.807) is 0 Å². The van der Waals surface area contributed by atoms with Gasteiger partial charge in [0, 0.05) is 18.9 Å². The first-order chi connectivity index (χ1) is 11.7. The van der Waals surface area contributed by atoms with Gasteiger partial charge in [0.2, 0.25) is 0 Å². The van der Waals surface area contributed by atoms with E-state index in [0.29, 0.717) is 25.5 Å². The van der Waals surface area contributed by atoms with E-state index in [-0.39, 0.29) is 0 Å². The van der Waals surface area contributed by atoms with Crippen LogP contribution in [0.2, 0.25) is 0 Å². The molecule has 0 saturated heterocycles. The Labute approximate surface area is 145 Å². The molecule has 0 bridgehead atoms. The van der Waals surface area contributed by atoms with Crippen molar-refractivity contribution in [1.29, 1.82) is 0 Å². The van der Waals surface area contributed by atoms with E-state index in [2.05, 4.69) is 35.9 Å². The lowest BCUT2D eigenvalue weighted by atomic mass is 10.2. The second kappa shape index (κ2) is 10.1. The molecule has 24 heavy (non-hydrogen) atoms. The maximum Gasteiger partial charge on any atom is 0.148 e. The zero-order chi connectivity index (χ0) is 17.1. The monoisotopic (exact) mass is 343 g/mol. The predicted molar refractivity (Wildman–Crippen MR) is 102 cm³/mol. The van der Waals surface area contributed by atoms with Gasteiger partial charge >= 0.3 is 0 Å². The summed E-state index contributed by atoms with van der Waals surface area (Å²) in [5, 5.41) is 3.25. The fourth-order valence-corrected chi connectivity index (χ4v) is 4.85. The molecule has 0 atom stereocenters. The summed E-state index contributed by atoms with van der Waals surface area (Å²) in [5.41, 5.74) is 2.45. The van der Waals surface area contributed by atoms with Crippen LogP contribution in [0.4, 0.5) is 0 Å². The number of benzene rings is 2. The zero-order valence-corrected chi connectivity index (χ0v) is 15.0. The molecule has 0 aliphatic carbocycles. The molecule has 0 unspecified atom stereocenters. The summed E-state index contributed by atoms with van der Waals surface area (Å²) in [6.07, 6.45) is 4.39. The Morgan fingerprint density at radius 2 is 1.42 bits per heavy atom. The summed E-state index contributed by atoms with van der Waals surface area (Å²) in [6, 6.07) is 20.4. The summed E-state index contributed by atoms with van der Waals surface area (Å²) in [4.78, 5) is 0. The van der Waals surface area contributed by atoms with Gasteiger partial charge in [-0.15, -0.1) is 0 Å². The standard InChI is InChI=1S/C20H26NO2P/c1-2-23-16-15-21-24(22,17-13-19-9-5-3-6-10-19)18-14-20-11-7-4-8-12-20/h2-12H,1,13-18H2,(H,21,22). The smallest absolute Gasteiger partial charge is 0.148 e. The van der Waals surface area contributed by atoms with Crippen LogP contribution in [0.1, 0.15) is 11.1 Å². The van der Waals surface area contributed by atoms with Gasteiger partial charge in [-0.3, -0.25) is 5.09 Å². The molecule has 2 rings (SSSR count). The van der Waals surface area contributed by atoms with Crippen LogP contribution in [0, 0.1) is 0 Å². The minimum atomic E-state index is -2.45. The highest BCUT2D eigenvalue weighted by Gasteiger charge is 2.21. The normalized spacial score (nSPS) is 11.2. The van der Waals surface area contributed by atoms with Crippen molar-refractivity contribution < 1.29 is 9.30 Å². The molecule has 0 spiro atoms. The van der Waals surface area contributed by atoms with E-state index in [4.69, 9.17) is 4.74 Å². The quantitative estimate of drug-likeness (QED) is 0.371. The Bertz CT molecular complexity index is 596. The van der Waals surface area contributed by atoms with Crippen LogP contribution < -0.4 is 5.09 Å². The van der Waals surface area contributed by atoms with Gasteiger partial charge in [-0.05, 0) is 24.0 Å². The van der Waals surface area contributed by atoms with Crippen molar-refractivity contribution in [1.82, 2.24) is 5.09 Å². The lowest BCUT2D eigenvalue weighted by Gasteiger charge is -2.20. The molecule has 0 amide bonds. The maximum atomic E-state index is 13.3. The van der Waals surface area contributed by atoms with Crippen molar-refractivity contribution in [2.24, 2.45) is 0 Å². The van der Waals surface area contributed by atoms with Gasteiger partial charge in [-0.2, -0.15) is 0 Å². The molecule has 0 fully saturated rings. The Morgan fingerprint density at radius 1 is 0.917 bits per heavy atom. The average molecular weight is 343 g/mol. The average Bonchev–Trinajstić information content (AvgIpc) is 2.64. The van der Waals surface area contributed by atoms with E-state index in [9.17, 15) is 4.57 Å². The van der Waals surface area contributed by atoms with Crippen LogP contribution >= 0.6 is 7.29 Å². The zero-order valence-electron chi connectivity index (χ0n) is 14.1. The number of rotatable bonds is 11. The second-order valence-electron chi connectivity index (χ2n) is 5.75. The van der Waals surface area contributed by atoms with E-state index in [1.165, 1.54) is 17.4 Å². The molecule has 4 heteroatoms. The molecule has 0 aliphatic rings. The summed E-state index contributed by atoms with van der Waals surface area (Å²) in [5.74, 6) is 0. The number of aryl methyl sites for hydroxylation is 2. The Balaban J connectivity index is 1.94. The molecule has 1 N–H and O–H groups in total. The third kappa shape index (κ3) is 6.74. The summed E-state index contributed by atoms with van der Waals surface area (Å²) in [6.45, 7) is 4.59. The van der Waals surface area contributed by atoms with Crippen molar-refractivity contribution in [3.05, 3.63) is 84.6 Å². The van der Waals surface area contributed by atoms with Crippen molar-refractivity contribution in [2.75, 3.05) is 25.5 Å². The predicted octanol–water partition coefficient (Wildman–Crippen LogP) is 4.50. The lowest BCUT2D eigenvalue weighted by molar-refractivity contribution is 0.256. The third-order valence-corrected chi connectivity index (χ3v) is 6.64. The van der Waals surface area contributed by atoms with E-state index in [1.807, 2.05) is 36.4 Å². The highest BCUT2D eigenvalue weighted by atomic mass is 31.2. The van der Waals surface area contributed by atoms with Gasteiger partial charge in [-0.25, -0.2) is 0 Å². The van der Waals surface area contributed by atoms with Crippen molar-refractivity contribution in [3.63, 3.8) is 0 Å². The van der Waals surface area contributed by atoms with E-state index in [0.717, 1.165) is 12.8 Å². The van der Waals surface area contributed by atoms with Gasteiger partial charge in [0.1, 0.15) is 13.9 Å². The van der Waals surface area contributed by atoms with E-state index < -0.39 is 7.29 Å². The minimum Gasteiger partial charge on any atom is -0.500 e. The molecule has 0 radical (unpaired) electrons. The first-order valence-corrected chi connectivity index (χ1v) is 10.4. The van der Waals surface area contributed by atoms with Crippen LogP contribution in [0.25, 0.3) is 0 Å². The molecular weight excluding hydrogens is 317 g/mol. The Kier molecular flexibility index (Phi) is 7.81. The van der Waals surface area contributed by atoms with Crippen molar-refractivity contribution in [2.45, 2.75) is 12.8 Å². The molecule has 0 aromatic heterocycles. The molecule has 2 aromatic carbocycles. The van der Waals surface area contributed by atoms with Crippen LogP contribution in [0.15, 0.2) is 73.5 Å². The highest BCUT2D eigenvalue weighted by molar-refractivity contribution is 7.61. The molecule has 0 aliphatic heterocycles. The van der Waals surface area contributed by atoms with Crippen molar-refractivity contribution >= 4 is 7.29 Å². The van der Waals surface area contributed by atoms with Crippen LogP contribution in [-0.2, 0) is 22.1 Å². The SMILES string of the molecule is C=COCCNP(=O)(CCc1ccccc1)CCc1ccccc1. The highest BCUT2D eigenvalue weighted by Crippen LogP contribution is 2.41. The van der Waals surface area contributed by atoms with Crippen LogP contribution in [-0.4, -0.2) is 25.5 Å². The summed E-state index contributed by atoms with van der Waals surface area (Å²) < 4.78 is 18.5. The number of hydrogen-bond donors (Lipinski definition) is 1. The maximum absolute atomic E-state index is 13.3. The van der Waals surface area contributed by atoms with Crippen LogP contribution in [0.5, 0.6) is 0 Å². The third-order valence-electron chi connectivity index (χ3n) is 3.95. The minimum absolute atomic E-state index is 0.490. The first-order valence-electron chi connectivity index (χ1n) is 8.35. The summed E-state index contributed by atoms with van der Waals surface area (Å²) in [7, 11) is -2.45. The fraction of sp³-hybridized carbons (Fsp3) is 0.300. The summed E-state index contributed by atoms with van der Waals surface area (Å²) >= 11 is 0. The Morgan fingerprint density at radius 3 is 1.88 bits per heavy atom. The number of ether oxygens (including phenoxy) is 1. The van der Waals surface area contributed by atoms with E-state index >= 15 is 0 Å². The first kappa shape index (κ1) is 18.5. The topological polar surface area (TPSA) is 38.3 Å². The molecule has 128 valence electrons. The fourth-order valence-electron chi connectivity index (χ4n) is 2.57. The van der Waals surface area contributed by atoms with Gasteiger partial charge in [0.25, 0.3) is 0 Å². The molecule has 0 heterocycles. The Hall–Kier alpha value is -1.83. The number of nitrogens with one attached hydrogen (secondary N) is 1. The molecule has 2 aromatic rings. The van der Waals surface area contributed by atoms with Crippen molar-refractivity contribution in [3.8, 4) is 0 Å². The van der Waals surface area contributed by atoms with Crippen LogP contribution in [0.3, 0.4) is 0 Å². The lowest BCUT2D eigenvalue weighted by Crippen LogP contribution is -2.21. The molecule has 3 nitrogen and oxygen atoms in total. The molecular formula is C20H26NO2P. The van der Waals surface area contributed by atoms with Gasteiger partial charge in [0.15, 0.2) is 0 Å².